The zero-order valence-corrected chi connectivity index (χ0v) is 15.5. The van der Waals surface area contributed by atoms with Gasteiger partial charge in [-0.3, -0.25) is 14.5 Å². The summed E-state index contributed by atoms with van der Waals surface area (Å²) in [5, 5.41) is 0. The van der Waals surface area contributed by atoms with Crippen LogP contribution in [0.15, 0.2) is 22.7 Å². The number of piperazine rings is 1. The van der Waals surface area contributed by atoms with Crippen LogP contribution in [-0.2, 0) is 20.9 Å². The molecule has 25 heavy (non-hydrogen) atoms. The fourth-order valence-electron chi connectivity index (χ4n) is 3.04. The summed E-state index contributed by atoms with van der Waals surface area (Å²) < 4.78 is 19.0. The molecule has 1 aromatic carbocycles. The van der Waals surface area contributed by atoms with Crippen molar-refractivity contribution in [2.45, 2.75) is 6.54 Å². The van der Waals surface area contributed by atoms with E-state index in [1.165, 1.54) is 6.07 Å². The highest BCUT2D eigenvalue weighted by atomic mass is 79.9. The average Bonchev–Trinajstić information content (AvgIpc) is 2.65. The van der Waals surface area contributed by atoms with Crippen molar-refractivity contribution in [1.29, 1.82) is 0 Å². The van der Waals surface area contributed by atoms with Crippen molar-refractivity contribution < 1.29 is 18.7 Å². The SMILES string of the molecule is O=C(C(=O)N1CCN(Cc2ccc(F)c(Br)c2)CC1)N1CCOCC1. The molecule has 0 atom stereocenters. The van der Waals surface area contributed by atoms with Gasteiger partial charge in [-0.25, -0.2) is 4.39 Å². The van der Waals surface area contributed by atoms with Gasteiger partial charge in [0.2, 0.25) is 0 Å². The van der Waals surface area contributed by atoms with Crippen molar-refractivity contribution in [2.24, 2.45) is 0 Å². The van der Waals surface area contributed by atoms with Crippen molar-refractivity contribution >= 4 is 27.7 Å². The van der Waals surface area contributed by atoms with Gasteiger partial charge in [0, 0.05) is 45.8 Å². The minimum Gasteiger partial charge on any atom is -0.378 e. The van der Waals surface area contributed by atoms with Gasteiger partial charge in [0.15, 0.2) is 0 Å². The largest absolute Gasteiger partial charge is 0.378 e. The number of amides is 2. The van der Waals surface area contributed by atoms with E-state index < -0.39 is 11.8 Å². The monoisotopic (exact) mass is 413 g/mol. The van der Waals surface area contributed by atoms with Crippen LogP contribution in [-0.4, -0.2) is 79.0 Å². The number of hydrogen-bond acceptors (Lipinski definition) is 4. The van der Waals surface area contributed by atoms with E-state index >= 15 is 0 Å². The second kappa shape index (κ2) is 8.25. The van der Waals surface area contributed by atoms with Crippen molar-refractivity contribution in [2.75, 3.05) is 52.5 Å². The third kappa shape index (κ3) is 4.56. The lowest BCUT2D eigenvalue weighted by Gasteiger charge is -2.35. The van der Waals surface area contributed by atoms with E-state index in [9.17, 15) is 14.0 Å². The third-order valence-electron chi connectivity index (χ3n) is 4.53. The predicted octanol–water partition coefficient (Wildman–Crippen LogP) is 1.09. The first-order chi connectivity index (χ1) is 12.0. The molecule has 2 amide bonds. The normalized spacial score (nSPS) is 19.1. The summed E-state index contributed by atoms with van der Waals surface area (Å²) in [5.41, 5.74) is 1.01. The summed E-state index contributed by atoms with van der Waals surface area (Å²) in [6, 6.07) is 4.98. The number of nitrogens with zero attached hydrogens (tertiary/aromatic N) is 3. The van der Waals surface area contributed by atoms with Crippen LogP contribution < -0.4 is 0 Å². The van der Waals surface area contributed by atoms with Crippen LogP contribution in [0.2, 0.25) is 0 Å². The quantitative estimate of drug-likeness (QED) is 0.681. The van der Waals surface area contributed by atoms with E-state index in [-0.39, 0.29) is 5.82 Å². The van der Waals surface area contributed by atoms with Gasteiger partial charge in [-0.15, -0.1) is 0 Å². The van der Waals surface area contributed by atoms with Gasteiger partial charge in [0.1, 0.15) is 5.82 Å². The molecule has 1 aromatic rings. The Morgan fingerprint density at radius 1 is 1.00 bits per heavy atom. The Hall–Kier alpha value is -1.51. The van der Waals surface area contributed by atoms with Crippen molar-refractivity contribution in [3.05, 3.63) is 34.1 Å². The molecule has 0 saturated carbocycles. The van der Waals surface area contributed by atoms with Crippen molar-refractivity contribution in [3.8, 4) is 0 Å². The molecule has 0 radical (unpaired) electrons. The number of carbonyl (C=O) groups is 2. The second-order valence-electron chi connectivity index (χ2n) is 6.22. The lowest BCUT2D eigenvalue weighted by atomic mass is 10.2. The number of benzene rings is 1. The van der Waals surface area contributed by atoms with Crippen LogP contribution >= 0.6 is 15.9 Å². The first kappa shape index (κ1) is 18.3. The molecule has 2 aliphatic heterocycles. The first-order valence-electron chi connectivity index (χ1n) is 8.37. The fraction of sp³-hybridized carbons (Fsp3) is 0.529. The second-order valence-corrected chi connectivity index (χ2v) is 7.08. The molecule has 0 bridgehead atoms. The predicted molar refractivity (Wildman–Crippen MR) is 93.4 cm³/mol. The third-order valence-corrected chi connectivity index (χ3v) is 5.14. The van der Waals surface area contributed by atoms with Crippen molar-refractivity contribution in [3.63, 3.8) is 0 Å². The lowest BCUT2D eigenvalue weighted by molar-refractivity contribution is -0.155. The molecule has 0 N–H and O–H groups in total. The van der Waals surface area contributed by atoms with Gasteiger partial charge in [0.25, 0.3) is 0 Å². The first-order valence-corrected chi connectivity index (χ1v) is 9.16. The van der Waals surface area contributed by atoms with Crippen LogP contribution in [0, 0.1) is 5.82 Å². The Kier molecular flexibility index (Phi) is 6.03. The topological polar surface area (TPSA) is 53.1 Å². The molecular formula is C17H21BrFN3O3. The number of rotatable bonds is 2. The maximum atomic E-state index is 13.3. The maximum Gasteiger partial charge on any atom is 0.312 e. The van der Waals surface area contributed by atoms with Crippen molar-refractivity contribution in [1.82, 2.24) is 14.7 Å². The molecule has 136 valence electrons. The molecule has 2 saturated heterocycles. The van der Waals surface area contributed by atoms with E-state index in [2.05, 4.69) is 20.8 Å². The summed E-state index contributed by atoms with van der Waals surface area (Å²) in [5.74, 6) is -1.13. The van der Waals surface area contributed by atoms with E-state index in [4.69, 9.17) is 4.74 Å². The zero-order chi connectivity index (χ0) is 17.8. The van der Waals surface area contributed by atoms with Gasteiger partial charge >= 0.3 is 11.8 Å². The van der Waals surface area contributed by atoms with Gasteiger partial charge in [-0.05, 0) is 33.6 Å². The zero-order valence-electron chi connectivity index (χ0n) is 13.9. The van der Waals surface area contributed by atoms with Gasteiger partial charge in [-0.1, -0.05) is 6.07 Å². The number of morpholine rings is 1. The lowest BCUT2D eigenvalue weighted by Crippen LogP contribution is -2.54. The summed E-state index contributed by atoms with van der Waals surface area (Å²) in [4.78, 5) is 30.0. The Morgan fingerprint density at radius 2 is 1.60 bits per heavy atom. The van der Waals surface area contributed by atoms with E-state index in [0.717, 1.165) is 5.56 Å². The summed E-state index contributed by atoms with van der Waals surface area (Å²) in [7, 11) is 0. The molecule has 0 spiro atoms. The molecule has 0 unspecified atom stereocenters. The van der Waals surface area contributed by atoms with Gasteiger partial charge in [0.05, 0.1) is 17.7 Å². The smallest absolute Gasteiger partial charge is 0.312 e. The number of ether oxygens (including phenoxy) is 1. The van der Waals surface area contributed by atoms with Gasteiger partial charge < -0.3 is 14.5 Å². The molecule has 0 aliphatic carbocycles. The van der Waals surface area contributed by atoms with Crippen LogP contribution in [0.3, 0.4) is 0 Å². The summed E-state index contributed by atoms with van der Waals surface area (Å²) in [6.07, 6.45) is 0. The Bertz CT molecular complexity index is 644. The van der Waals surface area contributed by atoms with Crippen LogP contribution in [0.5, 0.6) is 0 Å². The molecule has 2 fully saturated rings. The Labute approximate surface area is 154 Å². The summed E-state index contributed by atoms with van der Waals surface area (Å²) >= 11 is 3.20. The number of hydrogen-bond donors (Lipinski definition) is 0. The fourth-order valence-corrected chi connectivity index (χ4v) is 3.47. The Morgan fingerprint density at radius 3 is 2.20 bits per heavy atom. The van der Waals surface area contributed by atoms with E-state index in [1.807, 2.05) is 0 Å². The maximum absolute atomic E-state index is 13.3. The van der Waals surface area contributed by atoms with E-state index in [1.54, 1.807) is 21.9 Å². The molecule has 8 heteroatoms. The molecule has 0 aromatic heterocycles. The van der Waals surface area contributed by atoms with Crippen LogP contribution in [0.1, 0.15) is 5.56 Å². The average molecular weight is 414 g/mol. The molecule has 2 aliphatic rings. The summed E-state index contributed by atoms with van der Waals surface area (Å²) in [6.45, 7) is 5.05. The highest BCUT2D eigenvalue weighted by molar-refractivity contribution is 9.10. The molecule has 2 heterocycles. The molecular weight excluding hydrogens is 393 g/mol. The highest BCUT2D eigenvalue weighted by Gasteiger charge is 2.30. The molecule has 3 rings (SSSR count). The van der Waals surface area contributed by atoms with Crippen LogP contribution in [0.25, 0.3) is 0 Å². The minimum absolute atomic E-state index is 0.277. The van der Waals surface area contributed by atoms with E-state index in [0.29, 0.717) is 63.5 Å². The van der Waals surface area contributed by atoms with Gasteiger partial charge in [-0.2, -0.15) is 0 Å². The highest BCUT2D eigenvalue weighted by Crippen LogP contribution is 2.18. The van der Waals surface area contributed by atoms with Crippen LogP contribution in [0.4, 0.5) is 4.39 Å². The number of halogens is 2. The Balaban J connectivity index is 1.50. The minimum atomic E-state index is -0.431. The molecule has 6 nitrogen and oxygen atoms in total. The standard InChI is InChI=1S/C17H21BrFN3O3/c18-14-11-13(1-2-15(14)19)12-20-3-5-21(6-4-20)16(23)17(24)22-7-9-25-10-8-22/h1-2,11H,3-10,12H2. The number of carbonyl (C=O) groups excluding carboxylic acids is 2.